The van der Waals surface area contributed by atoms with Crippen LogP contribution in [0.4, 0.5) is 0 Å². The van der Waals surface area contributed by atoms with Crippen molar-refractivity contribution in [2.75, 3.05) is 0 Å². The van der Waals surface area contributed by atoms with Crippen molar-refractivity contribution in [1.82, 2.24) is 4.98 Å². The lowest BCUT2D eigenvalue weighted by molar-refractivity contribution is 0.104. The van der Waals surface area contributed by atoms with Gasteiger partial charge in [0.25, 0.3) is 0 Å². The first kappa shape index (κ1) is 16.8. The van der Waals surface area contributed by atoms with Crippen molar-refractivity contribution in [2.45, 2.75) is 0 Å². The highest BCUT2D eigenvalue weighted by Crippen LogP contribution is 2.27. The first-order valence-corrected chi connectivity index (χ1v) is 8.92. The van der Waals surface area contributed by atoms with Gasteiger partial charge in [-0.25, -0.2) is 0 Å². The average Bonchev–Trinajstić information content (AvgIpc) is 3.24. The van der Waals surface area contributed by atoms with Crippen LogP contribution < -0.4 is 0 Å². The maximum absolute atomic E-state index is 12.8. The molecule has 0 spiro atoms. The summed E-state index contributed by atoms with van der Waals surface area (Å²) >= 11 is 0. The van der Waals surface area contributed by atoms with Crippen LogP contribution in [-0.4, -0.2) is 10.8 Å². The number of aromatic nitrogens is 1. The molecule has 0 bridgehead atoms. The summed E-state index contributed by atoms with van der Waals surface area (Å²) in [5.41, 5.74) is 5.63. The van der Waals surface area contributed by atoms with Gasteiger partial charge in [-0.05, 0) is 29.3 Å². The van der Waals surface area contributed by atoms with Crippen molar-refractivity contribution >= 4 is 11.4 Å². The van der Waals surface area contributed by atoms with E-state index in [1.54, 1.807) is 6.08 Å². The molecule has 2 nitrogen and oxygen atoms in total. The number of carbonyl (C=O) groups excluding carboxylic acids is 1. The number of aromatic amines is 1. The zero-order chi connectivity index (χ0) is 18.5. The summed E-state index contributed by atoms with van der Waals surface area (Å²) in [6.07, 6.45) is 1.71. The van der Waals surface area contributed by atoms with E-state index < -0.39 is 0 Å². The molecule has 4 aromatic rings. The second kappa shape index (κ2) is 7.71. The van der Waals surface area contributed by atoms with E-state index in [-0.39, 0.29) is 5.78 Å². The minimum Gasteiger partial charge on any atom is -0.355 e. The van der Waals surface area contributed by atoms with Gasteiger partial charge >= 0.3 is 0 Å². The number of nitrogens with one attached hydrogen (secondary N) is 1. The molecular formula is C25H19NO. The number of benzene rings is 3. The number of carbonyl (C=O) groups is 1. The summed E-state index contributed by atoms with van der Waals surface area (Å²) in [6, 6.07) is 33.6. The zero-order valence-corrected chi connectivity index (χ0v) is 14.8. The molecule has 0 saturated heterocycles. The Morgan fingerprint density at radius 1 is 0.630 bits per heavy atom. The topological polar surface area (TPSA) is 32.9 Å². The van der Waals surface area contributed by atoms with E-state index in [0.29, 0.717) is 5.56 Å². The number of hydrogen-bond acceptors (Lipinski definition) is 1. The van der Waals surface area contributed by atoms with Crippen LogP contribution in [0.5, 0.6) is 0 Å². The minimum atomic E-state index is -0.00897. The van der Waals surface area contributed by atoms with Crippen molar-refractivity contribution in [3.8, 4) is 11.3 Å². The van der Waals surface area contributed by atoms with Gasteiger partial charge in [-0.2, -0.15) is 0 Å². The molecule has 27 heavy (non-hydrogen) atoms. The molecule has 0 atom stereocenters. The molecule has 2 heteroatoms. The van der Waals surface area contributed by atoms with Crippen LogP contribution in [0.25, 0.3) is 16.8 Å². The van der Waals surface area contributed by atoms with Gasteiger partial charge in [-0.3, -0.25) is 4.79 Å². The summed E-state index contributed by atoms with van der Waals surface area (Å²) in [5.74, 6) is -0.00897. The predicted octanol–water partition coefficient (Wildman–Crippen LogP) is 6.00. The Hall–Kier alpha value is -3.65. The average molecular weight is 349 g/mol. The quantitative estimate of drug-likeness (QED) is 0.348. The van der Waals surface area contributed by atoms with Crippen LogP contribution in [-0.2, 0) is 0 Å². The Morgan fingerprint density at radius 3 is 1.81 bits per heavy atom. The van der Waals surface area contributed by atoms with Crippen LogP contribution in [0.3, 0.4) is 0 Å². The van der Waals surface area contributed by atoms with Gasteiger partial charge in [0.2, 0.25) is 0 Å². The van der Waals surface area contributed by atoms with Gasteiger partial charge in [-0.1, -0.05) is 91.0 Å². The van der Waals surface area contributed by atoms with Crippen molar-refractivity contribution in [3.05, 3.63) is 126 Å². The van der Waals surface area contributed by atoms with Crippen molar-refractivity contribution < 1.29 is 4.79 Å². The molecule has 0 fully saturated rings. The summed E-state index contributed by atoms with van der Waals surface area (Å²) in [5, 5.41) is 0. The molecule has 0 radical (unpaired) electrons. The molecular weight excluding hydrogens is 330 g/mol. The first-order chi connectivity index (χ1) is 13.3. The van der Waals surface area contributed by atoms with Crippen LogP contribution in [0.15, 0.2) is 109 Å². The number of H-pyrrole nitrogens is 1. The highest BCUT2D eigenvalue weighted by Gasteiger charge is 2.11. The van der Waals surface area contributed by atoms with Crippen molar-refractivity contribution in [3.63, 3.8) is 0 Å². The van der Waals surface area contributed by atoms with Gasteiger partial charge in [0.1, 0.15) is 0 Å². The fraction of sp³-hybridized carbons (Fsp3) is 0. The van der Waals surface area contributed by atoms with E-state index in [9.17, 15) is 4.79 Å². The van der Waals surface area contributed by atoms with Crippen LogP contribution in [0.2, 0.25) is 0 Å². The molecule has 0 aliphatic heterocycles. The minimum absolute atomic E-state index is 0.00897. The van der Waals surface area contributed by atoms with Gasteiger partial charge in [-0.15, -0.1) is 0 Å². The normalized spacial score (nSPS) is 11.3. The molecule has 3 aromatic carbocycles. The zero-order valence-electron chi connectivity index (χ0n) is 14.8. The fourth-order valence-corrected chi connectivity index (χ4v) is 3.09. The SMILES string of the molecule is O=C(C=C(c1ccccc1)c1ccc(-c2ccccc2)[nH]1)c1ccccc1. The third kappa shape index (κ3) is 3.80. The van der Waals surface area contributed by atoms with E-state index in [2.05, 4.69) is 23.2 Å². The van der Waals surface area contributed by atoms with E-state index in [1.807, 2.05) is 84.9 Å². The third-order valence-electron chi connectivity index (χ3n) is 4.48. The van der Waals surface area contributed by atoms with E-state index in [4.69, 9.17) is 0 Å². The summed E-state index contributed by atoms with van der Waals surface area (Å²) in [7, 11) is 0. The summed E-state index contributed by atoms with van der Waals surface area (Å²) in [4.78, 5) is 16.3. The summed E-state index contributed by atoms with van der Waals surface area (Å²) in [6.45, 7) is 0. The van der Waals surface area contributed by atoms with E-state index >= 15 is 0 Å². The van der Waals surface area contributed by atoms with Crippen LogP contribution >= 0.6 is 0 Å². The first-order valence-electron chi connectivity index (χ1n) is 8.92. The van der Waals surface area contributed by atoms with Gasteiger partial charge in [0, 0.05) is 22.5 Å². The Labute approximate surface area is 158 Å². The molecule has 0 amide bonds. The van der Waals surface area contributed by atoms with Crippen LogP contribution in [0.1, 0.15) is 21.6 Å². The largest absolute Gasteiger partial charge is 0.355 e. The number of allylic oxidation sites excluding steroid dienone is 1. The Kier molecular flexibility index (Phi) is 4.80. The summed E-state index contributed by atoms with van der Waals surface area (Å²) < 4.78 is 0. The maximum Gasteiger partial charge on any atom is 0.186 e. The van der Waals surface area contributed by atoms with Crippen molar-refractivity contribution in [1.29, 1.82) is 0 Å². The monoisotopic (exact) mass is 349 g/mol. The Balaban J connectivity index is 1.77. The van der Waals surface area contributed by atoms with Gasteiger partial charge < -0.3 is 4.98 Å². The molecule has 0 aliphatic rings. The molecule has 0 aliphatic carbocycles. The Morgan fingerprint density at radius 2 is 1.19 bits per heavy atom. The van der Waals surface area contributed by atoms with E-state index in [1.165, 1.54) is 0 Å². The highest BCUT2D eigenvalue weighted by molar-refractivity contribution is 6.10. The molecule has 0 saturated carbocycles. The van der Waals surface area contributed by atoms with Gasteiger partial charge in [0.15, 0.2) is 5.78 Å². The number of ketones is 1. The molecule has 130 valence electrons. The predicted molar refractivity (Wildman–Crippen MR) is 111 cm³/mol. The van der Waals surface area contributed by atoms with Crippen molar-refractivity contribution in [2.24, 2.45) is 0 Å². The number of rotatable bonds is 5. The lowest BCUT2D eigenvalue weighted by Crippen LogP contribution is -1.98. The molecule has 4 rings (SSSR count). The Bertz CT molecular complexity index is 1060. The third-order valence-corrected chi connectivity index (χ3v) is 4.48. The lowest BCUT2D eigenvalue weighted by atomic mass is 9.99. The highest BCUT2D eigenvalue weighted by atomic mass is 16.1. The molecule has 0 unspecified atom stereocenters. The molecule has 1 N–H and O–H groups in total. The molecule has 1 aromatic heterocycles. The van der Waals surface area contributed by atoms with E-state index in [0.717, 1.165) is 28.1 Å². The number of hydrogen-bond donors (Lipinski definition) is 1. The maximum atomic E-state index is 12.8. The van der Waals surface area contributed by atoms with Gasteiger partial charge in [0.05, 0.1) is 0 Å². The fourth-order valence-electron chi connectivity index (χ4n) is 3.09. The lowest BCUT2D eigenvalue weighted by Gasteiger charge is -2.07. The second-order valence-electron chi connectivity index (χ2n) is 6.31. The smallest absolute Gasteiger partial charge is 0.186 e. The standard InChI is InChI=1S/C25H19NO/c27-25(21-14-8-3-9-15-21)18-22(19-10-4-1-5-11-19)24-17-16-23(26-24)20-12-6-2-7-13-20/h1-18,26H. The van der Waals surface area contributed by atoms with Crippen LogP contribution in [0, 0.1) is 0 Å². The second-order valence-corrected chi connectivity index (χ2v) is 6.31. The molecule has 1 heterocycles.